The third kappa shape index (κ3) is 1.54. The van der Waals surface area contributed by atoms with Gasteiger partial charge in [0.15, 0.2) is 11.6 Å². The molecule has 6 heteroatoms. The van der Waals surface area contributed by atoms with Crippen molar-refractivity contribution in [3.05, 3.63) is 30.2 Å². The first-order valence-corrected chi connectivity index (χ1v) is 4.02. The molecule has 0 saturated carbocycles. The van der Waals surface area contributed by atoms with Gasteiger partial charge in [0.2, 0.25) is 12.2 Å². The second kappa shape index (κ2) is 3.64. The molecule has 1 aromatic heterocycles. The summed E-state index contributed by atoms with van der Waals surface area (Å²) in [6.07, 6.45) is 1.03. The average molecular weight is 212 g/mol. The van der Waals surface area contributed by atoms with Crippen molar-refractivity contribution in [3.8, 4) is 17.1 Å². The standard InChI is InChI=1S/C9H6F2N2O2/c1-14-6-3-2-5(10)8(11)7(6)9-12-4-15-13-9/h2-4H,1H3. The maximum atomic E-state index is 13.4. The van der Waals surface area contributed by atoms with E-state index in [2.05, 4.69) is 14.7 Å². The molecule has 0 bridgehead atoms. The fourth-order valence-corrected chi connectivity index (χ4v) is 1.19. The molecule has 4 nitrogen and oxygen atoms in total. The molecular formula is C9H6F2N2O2. The van der Waals surface area contributed by atoms with Gasteiger partial charge in [-0.2, -0.15) is 4.98 Å². The van der Waals surface area contributed by atoms with Crippen molar-refractivity contribution in [1.82, 2.24) is 10.1 Å². The Balaban J connectivity index is 2.67. The number of hydrogen-bond acceptors (Lipinski definition) is 4. The van der Waals surface area contributed by atoms with Crippen molar-refractivity contribution >= 4 is 0 Å². The molecule has 0 radical (unpaired) electrons. The van der Waals surface area contributed by atoms with Crippen LogP contribution in [0.3, 0.4) is 0 Å². The fourth-order valence-electron chi connectivity index (χ4n) is 1.19. The molecule has 0 atom stereocenters. The minimum atomic E-state index is -1.06. The van der Waals surface area contributed by atoms with Gasteiger partial charge >= 0.3 is 0 Å². The van der Waals surface area contributed by atoms with Gasteiger partial charge in [0, 0.05) is 0 Å². The Kier molecular flexibility index (Phi) is 2.32. The highest BCUT2D eigenvalue weighted by molar-refractivity contribution is 5.64. The maximum absolute atomic E-state index is 13.4. The molecule has 0 fully saturated rings. The van der Waals surface area contributed by atoms with E-state index in [0.717, 1.165) is 12.5 Å². The predicted octanol–water partition coefficient (Wildman–Crippen LogP) is 2.02. The first-order chi connectivity index (χ1) is 7.24. The zero-order chi connectivity index (χ0) is 10.8. The topological polar surface area (TPSA) is 48.2 Å². The third-order valence-corrected chi connectivity index (χ3v) is 1.86. The van der Waals surface area contributed by atoms with Crippen molar-refractivity contribution < 1.29 is 18.0 Å². The monoisotopic (exact) mass is 212 g/mol. The zero-order valence-corrected chi connectivity index (χ0v) is 7.70. The van der Waals surface area contributed by atoms with Crippen molar-refractivity contribution in [2.24, 2.45) is 0 Å². The van der Waals surface area contributed by atoms with Crippen LogP contribution in [0.5, 0.6) is 5.75 Å². The number of aromatic nitrogens is 2. The number of halogens is 2. The number of benzene rings is 1. The lowest BCUT2D eigenvalue weighted by molar-refractivity contribution is 0.403. The molecule has 1 aromatic carbocycles. The molecule has 15 heavy (non-hydrogen) atoms. The summed E-state index contributed by atoms with van der Waals surface area (Å²) in [6, 6.07) is 2.27. The van der Waals surface area contributed by atoms with E-state index in [1.807, 2.05) is 0 Å². The molecule has 0 amide bonds. The van der Waals surface area contributed by atoms with E-state index >= 15 is 0 Å². The lowest BCUT2D eigenvalue weighted by atomic mass is 10.1. The van der Waals surface area contributed by atoms with E-state index in [0.29, 0.717) is 0 Å². The quantitative estimate of drug-likeness (QED) is 0.764. The van der Waals surface area contributed by atoms with Crippen LogP contribution in [-0.4, -0.2) is 17.3 Å². The molecule has 2 rings (SSSR count). The Morgan fingerprint density at radius 1 is 1.33 bits per heavy atom. The summed E-state index contributed by atoms with van der Waals surface area (Å²) in [6.45, 7) is 0. The molecular weight excluding hydrogens is 206 g/mol. The van der Waals surface area contributed by atoms with E-state index < -0.39 is 11.6 Å². The van der Waals surface area contributed by atoms with Gasteiger partial charge < -0.3 is 9.26 Å². The van der Waals surface area contributed by atoms with E-state index in [1.165, 1.54) is 13.2 Å². The summed E-state index contributed by atoms with van der Waals surface area (Å²) in [5, 5.41) is 3.42. The highest BCUT2D eigenvalue weighted by atomic mass is 19.2. The highest BCUT2D eigenvalue weighted by Gasteiger charge is 2.19. The van der Waals surface area contributed by atoms with Crippen molar-refractivity contribution in [2.45, 2.75) is 0 Å². The summed E-state index contributed by atoms with van der Waals surface area (Å²) in [7, 11) is 1.34. The number of hydrogen-bond donors (Lipinski definition) is 0. The Labute approximate surface area is 83.5 Å². The van der Waals surface area contributed by atoms with Gasteiger partial charge in [-0.15, -0.1) is 0 Å². The molecule has 2 aromatic rings. The van der Waals surface area contributed by atoms with Crippen LogP contribution in [-0.2, 0) is 0 Å². The highest BCUT2D eigenvalue weighted by Crippen LogP contribution is 2.31. The van der Waals surface area contributed by atoms with Crippen LogP contribution in [0.4, 0.5) is 8.78 Å². The van der Waals surface area contributed by atoms with E-state index in [1.54, 1.807) is 0 Å². The number of nitrogens with zero attached hydrogens (tertiary/aromatic N) is 2. The van der Waals surface area contributed by atoms with E-state index in [4.69, 9.17) is 4.74 Å². The summed E-state index contributed by atoms with van der Waals surface area (Å²) in [5.41, 5.74) is -0.147. The van der Waals surface area contributed by atoms with Crippen LogP contribution in [0.25, 0.3) is 11.4 Å². The third-order valence-electron chi connectivity index (χ3n) is 1.86. The molecule has 0 aliphatic carbocycles. The molecule has 1 heterocycles. The van der Waals surface area contributed by atoms with Crippen molar-refractivity contribution in [2.75, 3.05) is 7.11 Å². The normalized spacial score (nSPS) is 10.3. The summed E-state index contributed by atoms with van der Waals surface area (Å²) < 4.78 is 35.7. The van der Waals surface area contributed by atoms with E-state index in [-0.39, 0.29) is 17.1 Å². The van der Waals surface area contributed by atoms with Gasteiger partial charge in [-0.3, -0.25) is 0 Å². The Bertz CT molecular complexity index is 471. The van der Waals surface area contributed by atoms with Crippen LogP contribution in [0.15, 0.2) is 23.0 Å². The average Bonchev–Trinajstić information content (AvgIpc) is 2.75. The van der Waals surface area contributed by atoms with Gasteiger partial charge in [0.1, 0.15) is 11.3 Å². The maximum Gasteiger partial charge on any atom is 0.214 e. The summed E-state index contributed by atoms with van der Waals surface area (Å²) >= 11 is 0. The largest absolute Gasteiger partial charge is 0.496 e. The molecule has 0 aliphatic heterocycles. The first-order valence-electron chi connectivity index (χ1n) is 4.02. The van der Waals surface area contributed by atoms with Crippen LogP contribution >= 0.6 is 0 Å². The van der Waals surface area contributed by atoms with Gasteiger partial charge in [0.05, 0.1) is 7.11 Å². The predicted molar refractivity (Wildman–Crippen MR) is 46.2 cm³/mol. The van der Waals surface area contributed by atoms with Crippen LogP contribution in [0.1, 0.15) is 0 Å². The SMILES string of the molecule is COc1ccc(F)c(F)c1-c1ncon1. The smallest absolute Gasteiger partial charge is 0.214 e. The van der Waals surface area contributed by atoms with Gasteiger partial charge in [0.25, 0.3) is 0 Å². The molecule has 0 saturated heterocycles. The van der Waals surface area contributed by atoms with Crippen molar-refractivity contribution in [3.63, 3.8) is 0 Å². The number of methoxy groups -OCH3 is 1. The second-order valence-electron chi connectivity index (χ2n) is 2.69. The van der Waals surface area contributed by atoms with E-state index in [9.17, 15) is 8.78 Å². The summed E-state index contributed by atoms with van der Waals surface area (Å²) in [4.78, 5) is 3.63. The van der Waals surface area contributed by atoms with Crippen molar-refractivity contribution in [1.29, 1.82) is 0 Å². The molecule has 0 unspecified atom stereocenters. The fraction of sp³-hybridized carbons (Fsp3) is 0.111. The van der Waals surface area contributed by atoms with Crippen LogP contribution in [0.2, 0.25) is 0 Å². The van der Waals surface area contributed by atoms with Crippen LogP contribution in [0, 0.1) is 11.6 Å². The van der Waals surface area contributed by atoms with Crippen LogP contribution < -0.4 is 4.74 Å². The first kappa shape index (κ1) is 9.57. The lowest BCUT2D eigenvalue weighted by Gasteiger charge is -2.06. The Morgan fingerprint density at radius 3 is 2.73 bits per heavy atom. The molecule has 0 aliphatic rings. The molecule has 78 valence electrons. The zero-order valence-electron chi connectivity index (χ0n) is 7.70. The second-order valence-corrected chi connectivity index (χ2v) is 2.69. The van der Waals surface area contributed by atoms with Gasteiger partial charge in [-0.05, 0) is 12.1 Å². The number of ether oxygens (including phenoxy) is 1. The van der Waals surface area contributed by atoms with Gasteiger partial charge in [-0.1, -0.05) is 5.16 Å². The Hall–Kier alpha value is -1.98. The minimum absolute atomic E-state index is 0.0520. The minimum Gasteiger partial charge on any atom is -0.496 e. The number of rotatable bonds is 2. The lowest BCUT2D eigenvalue weighted by Crippen LogP contribution is -1.96. The van der Waals surface area contributed by atoms with Gasteiger partial charge in [-0.25, -0.2) is 8.78 Å². The molecule has 0 spiro atoms. The molecule has 0 N–H and O–H groups in total. The Morgan fingerprint density at radius 2 is 2.13 bits per heavy atom. The summed E-state index contributed by atoms with van der Waals surface area (Å²) in [5.74, 6) is -1.95.